The third kappa shape index (κ3) is 4.55. The molecule has 1 amide bonds. The molecule has 2 saturated heterocycles. The molecule has 0 bridgehead atoms. The number of carbonyl (C=O) groups excluding carboxylic acids is 1. The van der Waals surface area contributed by atoms with Crippen LogP contribution in [0.25, 0.3) is 0 Å². The van der Waals surface area contributed by atoms with E-state index in [2.05, 4.69) is 52.1 Å². The highest BCUT2D eigenvalue weighted by molar-refractivity contribution is 9.10. The van der Waals surface area contributed by atoms with E-state index < -0.39 is 0 Å². The smallest absolute Gasteiger partial charge is 0.231 e. The van der Waals surface area contributed by atoms with Crippen molar-refractivity contribution in [3.05, 3.63) is 34.3 Å². The van der Waals surface area contributed by atoms with Gasteiger partial charge in [0.25, 0.3) is 0 Å². The molecule has 0 spiro atoms. The SMILES string of the molecule is C[NH+]1CCN(C(=O)[C@@H]2CCC[NH+](Cc3cccc(Br)c3)C2)CC1. The second-order valence-corrected chi connectivity index (χ2v) is 8.05. The summed E-state index contributed by atoms with van der Waals surface area (Å²) in [4.78, 5) is 18.0. The minimum Gasteiger partial charge on any atom is -0.334 e. The van der Waals surface area contributed by atoms with Crippen molar-refractivity contribution in [3.8, 4) is 0 Å². The first-order valence-electron chi connectivity index (χ1n) is 8.80. The molecule has 1 aromatic carbocycles. The van der Waals surface area contributed by atoms with Crippen molar-refractivity contribution in [2.45, 2.75) is 19.4 Å². The van der Waals surface area contributed by atoms with Gasteiger partial charge in [0.2, 0.25) is 5.91 Å². The zero-order valence-corrected chi connectivity index (χ0v) is 15.6. The Morgan fingerprint density at radius 1 is 1.30 bits per heavy atom. The number of quaternary nitrogens is 2. The Balaban J connectivity index is 1.56. The molecule has 23 heavy (non-hydrogen) atoms. The third-order valence-electron chi connectivity index (χ3n) is 5.24. The van der Waals surface area contributed by atoms with Crippen LogP contribution in [0.5, 0.6) is 0 Å². The Bertz CT molecular complexity index is 543. The lowest BCUT2D eigenvalue weighted by atomic mass is 9.95. The van der Waals surface area contributed by atoms with Gasteiger partial charge < -0.3 is 14.7 Å². The topological polar surface area (TPSA) is 29.2 Å². The maximum absolute atomic E-state index is 12.8. The van der Waals surface area contributed by atoms with E-state index in [1.165, 1.54) is 18.5 Å². The molecule has 2 N–H and O–H groups in total. The number of piperidine rings is 1. The molecule has 0 saturated carbocycles. The van der Waals surface area contributed by atoms with Crippen LogP contribution in [0.1, 0.15) is 18.4 Å². The Labute approximate surface area is 147 Å². The van der Waals surface area contributed by atoms with E-state index in [0.717, 1.165) is 50.2 Å². The first kappa shape index (κ1) is 16.9. The van der Waals surface area contributed by atoms with Gasteiger partial charge in [-0.2, -0.15) is 0 Å². The molecule has 126 valence electrons. The van der Waals surface area contributed by atoms with E-state index in [0.29, 0.717) is 5.91 Å². The largest absolute Gasteiger partial charge is 0.334 e. The zero-order valence-electron chi connectivity index (χ0n) is 14.0. The van der Waals surface area contributed by atoms with Crippen LogP contribution in [0.4, 0.5) is 0 Å². The van der Waals surface area contributed by atoms with Crippen molar-refractivity contribution in [2.24, 2.45) is 5.92 Å². The van der Waals surface area contributed by atoms with Gasteiger partial charge in [-0.3, -0.25) is 4.79 Å². The van der Waals surface area contributed by atoms with E-state index in [1.54, 1.807) is 9.80 Å². The average molecular weight is 382 g/mol. The van der Waals surface area contributed by atoms with Gasteiger partial charge in [-0.15, -0.1) is 0 Å². The molecule has 2 aliphatic rings. The van der Waals surface area contributed by atoms with Gasteiger partial charge in [-0.1, -0.05) is 28.1 Å². The van der Waals surface area contributed by atoms with Crippen LogP contribution in [0.2, 0.25) is 0 Å². The predicted molar refractivity (Wildman–Crippen MR) is 94.5 cm³/mol. The summed E-state index contributed by atoms with van der Waals surface area (Å²) >= 11 is 3.55. The van der Waals surface area contributed by atoms with Gasteiger partial charge >= 0.3 is 0 Å². The Kier molecular flexibility index (Phi) is 5.72. The van der Waals surface area contributed by atoms with Crippen LogP contribution in [0, 0.1) is 5.92 Å². The van der Waals surface area contributed by atoms with Crippen molar-refractivity contribution in [1.29, 1.82) is 0 Å². The molecule has 3 rings (SSSR count). The summed E-state index contributed by atoms with van der Waals surface area (Å²) in [7, 11) is 2.21. The molecule has 0 aromatic heterocycles. The first-order valence-corrected chi connectivity index (χ1v) is 9.59. The minimum atomic E-state index is 0.226. The van der Waals surface area contributed by atoms with E-state index in [4.69, 9.17) is 0 Å². The number of carbonyl (C=O) groups is 1. The van der Waals surface area contributed by atoms with Crippen molar-refractivity contribution < 1.29 is 14.6 Å². The maximum atomic E-state index is 12.8. The summed E-state index contributed by atoms with van der Waals surface area (Å²) in [6.45, 7) is 7.24. The van der Waals surface area contributed by atoms with E-state index in [9.17, 15) is 4.79 Å². The number of amides is 1. The lowest BCUT2D eigenvalue weighted by Crippen LogP contribution is -3.13. The molecule has 0 radical (unpaired) electrons. The quantitative estimate of drug-likeness (QED) is 0.732. The second-order valence-electron chi connectivity index (χ2n) is 7.13. The number of likely N-dealkylation sites (tertiary alicyclic amines) is 1. The molecule has 5 heteroatoms. The monoisotopic (exact) mass is 381 g/mol. The molecule has 0 aliphatic carbocycles. The fourth-order valence-electron chi connectivity index (χ4n) is 3.83. The van der Waals surface area contributed by atoms with Gasteiger partial charge in [-0.25, -0.2) is 0 Å². The maximum Gasteiger partial charge on any atom is 0.231 e. The second kappa shape index (κ2) is 7.77. The Morgan fingerprint density at radius 3 is 2.83 bits per heavy atom. The summed E-state index contributed by atoms with van der Waals surface area (Å²) in [5, 5.41) is 0. The summed E-state index contributed by atoms with van der Waals surface area (Å²) in [5.74, 6) is 0.633. The molecular weight excluding hydrogens is 354 g/mol. The third-order valence-corrected chi connectivity index (χ3v) is 5.73. The summed E-state index contributed by atoms with van der Waals surface area (Å²) in [6, 6.07) is 8.54. The van der Waals surface area contributed by atoms with Gasteiger partial charge in [-0.05, 0) is 25.0 Å². The normalized spacial score (nSPS) is 26.3. The molecular formula is C18H28BrN3O+2. The van der Waals surface area contributed by atoms with Crippen LogP contribution in [-0.4, -0.2) is 57.1 Å². The van der Waals surface area contributed by atoms with Crippen LogP contribution in [-0.2, 0) is 11.3 Å². The lowest BCUT2D eigenvalue weighted by molar-refractivity contribution is -0.921. The number of halogens is 1. The van der Waals surface area contributed by atoms with Crippen molar-refractivity contribution >= 4 is 21.8 Å². The van der Waals surface area contributed by atoms with E-state index >= 15 is 0 Å². The Hall–Kier alpha value is -0.910. The number of benzene rings is 1. The highest BCUT2D eigenvalue weighted by Crippen LogP contribution is 2.14. The summed E-state index contributed by atoms with van der Waals surface area (Å²) < 4.78 is 1.14. The number of nitrogens with zero attached hydrogens (tertiary/aromatic N) is 1. The standard InChI is InChI=1S/C18H26BrN3O/c1-20-8-10-22(11-9-20)18(23)16-5-3-7-21(14-16)13-15-4-2-6-17(19)12-15/h2,4,6,12,16H,3,5,7-11,13-14H2,1H3/p+2/t16-/m1/s1. The van der Waals surface area contributed by atoms with E-state index in [1.807, 2.05) is 0 Å². The summed E-state index contributed by atoms with van der Waals surface area (Å²) in [5.41, 5.74) is 1.35. The van der Waals surface area contributed by atoms with Gasteiger partial charge in [0.1, 0.15) is 6.54 Å². The fourth-order valence-corrected chi connectivity index (χ4v) is 4.27. The highest BCUT2D eigenvalue weighted by Gasteiger charge is 2.33. The molecule has 2 fully saturated rings. The van der Waals surface area contributed by atoms with Gasteiger partial charge in [0, 0.05) is 10.0 Å². The van der Waals surface area contributed by atoms with Crippen LogP contribution < -0.4 is 9.80 Å². The summed E-state index contributed by atoms with van der Waals surface area (Å²) in [6.07, 6.45) is 2.23. The average Bonchev–Trinajstić information content (AvgIpc) is 2.55. The van der Waals surface area contributed by atoms with Crippen LogP contribution in [0.3, 0.4) is 0 Å². The van der Waals surface area contributed by atoms with Crippen molar-refractivity contribution in [2.75, 3.05) is 46.3 Å². The highest BCUT2D eigenvalue weighted by atomic mass is 79.9. The van der Waals surface area contributed by atoms with E-state index in [-0.39, 0.29) is 5.92 Å². The van der Waals surface area contributed by atoms with Gasteiger partial charge in [0.15, 0.2) is 0 Å². The lowest BCUT2D eigenvalue weighted by Gasteiger charge is -2.35. The Morgan fingerprint density at radius 2 is 2.09 bits per heavy atom. The minimum absolute atomic E-state index is 0.226. The molecule has 1 unspecified atom stereocenters. The van der Waals surface area contributed by atoms with Gasteiger partial charge in [0.05, 0.1) is 52.2 Å². The molecule has 4 nitrogen and oxygen atoms in total. The number of nitrogens with one attached hydrogen (secondary N) is 2. The predicted octanol–water partition coefficient (Wildman–Crippen LogP) is -0.399. The number of likely N-dealkylation sites (N-methyl/N-ethyl adjacent to an activating group) is 1. The molecule has 1 aromatic rings. The number of hydrogen-bond acceptors (Lipinski definition) is 1. The van der Waals surface area contributed by atoms with Crippen molar-refractivity contribution in [1.82, 2.24) is 4.90 Å². The first-order chi connectivity index (χ1) is 11.1. The molecule has 2 aliphatic heterocycles. The number of hydrogen-bond donors (Lipinski definition) is 2. The molecule has 2 atom stereocenters. The van der Waals surface area contributed by atoms with Crippen LogP contribution >= 0.6 is 15.9 Å². The molecule has 2 heterocycles. The van der Waals surface area contributed by atoms with Crippen LogP contribution in [0.15, 0.2) is 28.7 Å². The number of rotatable bonds is 3. The van der Waals surface area contributed by atoms with Crippen molar-refractivity contribution in [3.63, 3.8) is 0 Å². The zero-order chi connectivity index (χ0) is 16.2. The number of piperazine rings is 1. The fraction of sp³-hybridized carbons (Fsp3) is 0.611.